The van der Waals surface area contributed by atoms with Gasteiger partial charge in [0.1, 0.15) is 18.9 Å². The Morgan fingerprint density at radius 1 is 1.04 bits per heavy atom. The molecule has 0 heterocycles. The van der Waals surface area contributed by atoms with Crippen LogP contribution in [0.3, 0.4) is 0 Å². The molecule has 6 nitrogen and oxygen atoms in total. The van der Waals surface area contributed by atoms with Crippen molar-refractivity contribution in [2.45, 2.75) is 20.8 Å². The van der Waals surface area contributed by atoms with Crippen molar-refractivity contribution in [2.75, 3.05) is 30.3 Å². The average Bonchev–Trinajstić information content (AvgIpc) is 2.60. The fourth-order valence-electron chi connectivity index (χ4n) is 2.64. The zero-order chi connectivity index (χ0) is 20.0. The standard InChI is InChI=1S/C20H26N2O4S/c1-15-9-7-10-18(17(15)3)22(27(4,24)25)14-20(23)21-12-13-26-19-11-6-5-8-16(19)2/h5-11H,12-14H2,1-4H3,(H,21,23). The van der Waals surface area contributed by atoms with Gasteiger partial charge in [-0.05, 0) is 49.6 Å². The van der Waals surface area contributed by atoms with Crippen LogP contribution >= 0.6 is 0 Å². The summed E-state index contributed by atoms with van der Waals surface area (Å²) in [6, 6.07) is 13.0. The number of aryl methyl sites for hydroxylation is 2. The van der Waals surface area contributed by atoms with Gasteiger partial charge in [-0.2, -0.15) is 0 Å². The monoisotopic (exact) mass is 390 g/mol. The van der Waals surface area contributed by atoms with Crippen LogP contribution in [-0.4, -0.2) is 40.3 Å². The molecule has 0 spiro atoms. The molecule has 27 heavy (non-hydrogen) atoms. The van der Waals surface area contributed by atoms with Gasteiger partial charge in [-0.3, -0.25) is 9.10 Å². The molecular weight excluding hydrogens is 364 g/mol. The molecule has 0 aromatic heterocycles. The SMILES string of the molecule is Cc1ccccc1OCCNC(=O)CN(c1cccc(C)c1C)S(C)(=O)=O. The fraction of sp³-hybridized carbons (Fsp3) is 0.350. The molecule has 0 atom stereocenters. The maximum absolute atomic E-state index is 12.3. The van der Waals surface area contributed by atoms with Crippen molar-refractivity contribution in [3.8, 4) is 5.75 Å². The lowest BCUT2D eigenvalue weighted by Gasteiger charge is -2.24. The maximum Gasteiger partial charge on any atom is 0.240 e. The van der Waals surface area contributed by atoms with Crippen LogP contribution in [0.15, 0.2) is 42.5 Å². The van der Waals surface area contributed by atoms with Gasteiger partial charge < -0.3 is 10.1 Å². The lowest BCUT2D eigenvalue weighted by atomic mass is 10.1. The Morgan fingerprint density at radius 3 is 2.37 bits per heavy atom. The molecular formula is C20H26N2O4S. The third-order valence-corrected chi connectivity index (χ3v) is 5.43. The van der Waals surface area contributed by atoms with Crippen molar-refractivity contribution >= 4 is 21.6 Å². The van der Waals surface area contributed by atoms with Crippen molar-refractivity contribution in [3.63, 3.8) is 0 Å². The van der Waals surface area contributed by atoms with Gasteiger partial charge in [-0.25, -0.2) is 8.42 Å². The quantitative estimate of drug-likeness (QED) is 0.703. The van der Waals surface area contributed by atoms with E-state index in [0.717, 1.165) is 33.0 Å². The largest absolute Gasteiger partial charge is 0.491 e. The summed E-state index contributed by atoms with van der Waals surface area (Å²) in [5, 5.41) is 2.71. The van der Waals surface area contributed by atoms with Gasteiger partial charge in [0.25, 0.3) is 0 Å². The lowest BCUT2D eigenvalue weighted by Crippen LogP contribution is -2.41. The third kappa shape index (κ3) is 5.72. The van der Waals surface area contributed by atoms with Crippen LogP contribution in [0.1, 0.15) is 16.7 Å². The van der Waals surface area contributed by atoms with Crippen molar-refractivity contribution in [3.05, 3.63) is 59.2 Å². The zero-order valence-electron chi connectivity index (χ0n) is 16.2. The second-order valence-corrected chi connectivity index (χ2v) is 8.36. The topological polar surface area (TPSA) is 75.7 Å². The van der Waals surface area contributed by atoms with Gasteiger partial charge >= 0.3 is 0 Å². The Morgan fingerprint density at radius 2 is 1.70 bits per heavy atom. The number of carbonyl (C=O) groups is 1. The van der Waals surface area contributed by atoms with E-state index in [2.05, 4.69) is 5.32 Å². The van der Waals surface area contributed by atoms with E-state index in [4.69, 9.17) is 4.74 Å². The molecule has 1 amide bonds. The summed E-state index contributed by atoms with van der Waals surface area (Å²) in [5.74, 6) is 0.384. The summed E-state index contributed by atoms with van der Waals surface area (Å²) in [4.78, 5) is 12.3. The summed E-state index contributed by atoms with van der Waals surface area (Å²) in [6.45, 7) is 6.02. The van der Waals surface area contributed by atoms with Gasteiger partial charge in [0.05, 0.1) is 18.5 Å². The van der Waals surface area contributed by atoms with Gasteiger partial charge in [0, 0.05) is 0 Å². The van der Waals surface area contributed by atoms with Gasteiger partial charge in [0.2, 0.25) is 15.9 Å². The predicted molar refractivity (Wildman–Crippen MR) is 108 cm³/mol. The normalized spacial score (nSPS) is 11.1. The van der Waals surface area contributed by atoms with Crippen molar-refractivity contribution < 1.29 is 17.9 Å². The van der Waals surface area contributed by atoms with Crippen LogP contribution in [-0.2, 0) is 14.8 Å². The zero-order valence-corrected chi connectivity index (χ0v) is 17.0. The van der Waals surface area contributed by atoms with Crippen LogP contribution < -0.4 is 14.4 Å². The molecule has 7 heteroatoms. The van der Waals surface area contributed by atoms with E-state index < -0.39 is 10.0 Å². The summed E-state index contributed by atoms with van der Waals surface area (Å²) >= 11 is 0. The Bertz CT molecular complexity index is 910. The van der Waals surface area contributed by atoms with E-state index in [0.29, 0.717) is 12.3 Å². The molecule has 0 bridgehead atoms. The van der Waals surface area contributed by atoms with E-state index in [1.54, 1.807) is 12.1 Å². The molecule has 0 unspecified atom stereocenters. The number of nitrogens with one attached hydrogen (secondary N) is 1. The highest BCUT2D eigenvalue weighted by Gasteiger charge is 2.22. The van der Waals surface area contributed by atoms with Crippen molar-refractivity contribution in [1.82, 2.24) is 5.32 Å². The second kappa shape index (κ2) is 8.90. The van der Waals surface area contributed by atoms with Gasteiger partial charge in [0.15, 0.2) is 0 Å². The molecule has 146 valence electrons. The smallest absolute Gasteiger partial charge is 0.240 e. The fourth-order valence-corrected chi connectivity index (χ4v) is 3.55. The Hall–Kier alpha value is -2.54. The van der Waals surface area contributed by atoms with Crippen molar-refractivity contribution in [1.29, 1.82) is 0 Å². The highest BCUT2D eigenvalue weighted by Crippen LogP contribution is 2.24. The Labute approximate surface area is 161 Å². The minimum atomic E-state index is -3.59. The van der Waals surface area contributed by atoms with Crippen LogP contribution in [0.4, 0.5) is 5.69 Å². The van der Waals surface area contributed by atoms with E-state index in [-0.39, 0.29) is 19.0 Å². The molecule has 0 aliphatic rings. The number of hydrogen-bond donors (Lipinski definition) is 1. The van der Waals surface area contributed by atoms with E-state index >= 15 is 0 Å². The Kier molecular flexibility index (Phi) is 6.85. The molecule has 0 saturated heterocycles. The summed E-state index contributed by atoms with van der Waals surface area (Å²) in [5.41, 5.74) is 3.33. The lowest BCUT2D eigenvalue weighted by molar-refractivity contribution is -0.119. The number of sulfonamides is 1. The average molecular weight is 391 g/mol. The summed E-state index contributed by atoms with van der Waals surface area (Å²) in [7, 11) is -3.59. The number of anilines is 1. The van der Waals surface area contributed by atoms with Crippen molar-refractivity contribution in [2.24, 2.45) is 0 Å². The molecule has 2 aromatic rings. The molecule has 0 radical (unpaired) electrons. The number of rotatable bonds is 8. The molecule has 1 N–H and O–H groups in total. The first-order valence-corrected chi connectivity index (χ1v) is 10.5. The van der Waals surface area contributed by atoms with E-state index in [1.807, 2.05) is 51.1 Å². The first kappa shape index (κ1) is 20.8. The molecule has 0 saturated carbocycles. The number of hydrogen-bond acceptors (Lipinski definition) is 4. The van der Waals surface area contributed by atoms with Crippen LogP contribution in [0.2, 0.25) is 0 Å². The Balaban J connectivity index is 1.97. The van der Waals surface area contributed by atoms with Crippen LogP contribution in [0, 0.1) is 20.8 Å². The number of nitrogens with zero attached hydrogens (tertiary/aromatic N) is 1. The highest BCUT2D eigenvalue weighted by molar-refractivity contribution is 7.92. The predicted octanol–water partition coefficient (Wildman–Crippen LogP) is 2.57. The minimum Gasteiger partial charge on any atom is -0.491 e. The minimum absolute atomic E-state index is 0.270. The molecule has 2 rings (SSSR count). The van der Waals surface area contributed by atoms with Gasteiger partial charge in [-0.1, -0.05) is 30.3 Å². The third-order valence-electron chi connectivity index (χ3n) is 4.31. The van der Waals surface area contributed by atoms with Gasteiger partial charge in [-0.15, -0.1) is 0 Å². The summed E-state index contributed by atoms with van der Waals surface area (Å²) < 4.78 is 31.2. The number of benzene rings is 2. The number of ether oxygens (including phenoxy) is 1. The first-order chi connectivity index (χ1) is 12.7. The second-order valence-electron chi connectivity index (χ2n) is 6.45. The first-order valence-electron chi connectivity index (χ1n) is 8.69. The van der Waals surface area contributed by atoms with Crippen LogP contribution in [0.5, 0.6) is 5.75 Å². The maximum atomic E-state index is 12.3. The highest BCUT2D eigenvalue weighted by atomic mass is 32.2. The summed E-state index contributed by atoms with van der Waals surface area (Å²) in [6.07, 6.45) is 1.10. The molecule has 2 aromatic carbocycles. The number of para-hydroxylation sites is 1. The van der Waals surface area contributed by atoms with E-state index in [1.165, 1.54) is 0 Å². The van der Waals surface area contributed by atoms with E-state index in [9.17, 15) is 13.2 Å². The number of carbonyl (C=O) groups excluding carboxylic acids is 1. The molecule has 0 aliphatic heterocycles. The number of amides is 1. The van der Waals surface area contributed by atoms with Crippen LogP contribution in [0.25, 0.3) is 0 Å². The molecule has 0 aliphatic carbocycles. The molecule has 0 fully saturated rings.